The van der Waals surface area contributed by atoms with Gasteiger partial charge in [0.15, 0.2) is 0 Å². The number of rotatable bonds is 4. The molecule has 2 heteroatoms. The Kier molecular flexibility index (Phi) is 4.27. The Morgan fingerprint density at radius 3 is 2.57 bits per heavy atom. The van der Waals surface area contributed by atoms with E-state index >= 15 is 0 Å². The van der Waals surface area contributed by atoms with Gasteiger partial charge in [0, 0.05) is 12.2 Å². The van der Waals surface area contributed by atoms with Gasteiger partial charge in [0.1, 0.15) is 5.50 Å². The van der Waals surface area contributed by atoms with Gasteiger partial charge in [-0.25, -0.2) is 0 Å². The first-order valence-corrected chi connectivity index (χ1v) is 5.60. The molecule has 0 bridgehead atoms. The second-order valence-electron chi connectivity index (χ2n) is 3.47. The number of alkyl halides is 1. The molecular formula is C12H18ClN. The van der Waals surface area contributed by atoms with Crippen molar-refractivity contribution in [1.82, 2.24) is 0 Å². The van der Waals surface area contributed by atoms with E-state index in [1.807, 2.05) is 0 Å². The monoisotopic (exact) mass is 211 g/mol. The van der Waals surface area contributed by atoms with Crippen LogP contribution in [-0.4, -0.2) is 12.0 Å². The summed E-state index contributed by atoms with van der Waals surface area (Å²) in [4.78, 5) is 2.22. The molecule has 0 heterocycles. The highest BCUT2D eigenvalue weighted by Gasteiger charge is 2.12. The topological polar surface area (TPSA) is 3.24 Å². The first-order chi connectivity index (χ1) is 6.69. The van der Waals surface area contributed by atoms with Gasteiger partial charge in [0.25, 0.3) is 0 Å². The SMILES string of the molecule is CCC(Cl)N(CC)c1cccc(C)c1. The first-order valence-electron chi connectivity index (χ1n) is 5.16. The molecule has 0 aliphatic carbocycles. The van der Waals surface area contributed by atoms with Gasteiger partial charge in [-0.05, 0) is 38.0 Å². The molecule has 0 N–H and O–H groups in total. The number of hydrogen-bond donors (Lipinski definition) is 0. The van der Waals surface area contributed by atoms with Crippen LogP contribution in [0.3, 0.4) is 0 Å². The highest BCUT2D eigenvalue weighted by Crippen LogP contribution is 2.21. The van der Waals surface area contributed by atoms with Crippen molar-refractivity contribution in [3.8, 4) is 0 Å². The zero-order valence-corrected chi connectivity index (χ0v) is 9.88. The summed E-state index contributed by atoms with van der Waals surface area (Å²) in [6, 6.07) is 8.47. The molecule has 0 aliphatic heterocycles. The van der Waals surface area contributed by atoms with Crippen LogP contribution in [0, 0.1) is 6.92 Å². The van der Waals surface area contributed by atoms with Gasteiger partial charge in [-0.2, -0.15) is 0 Å². The number of benzene rings is 1. The fourth-order valence-electron chi connectivity index (χ4n) is 1.57. The molecule has 0 amide bonds. The summed E-state index contributed by atoms with van der Waals surface area (Å²) in [6.07, 6.45) is 0.962. The molecule has 1 atom stereocenters. The smallest absolute Gasteiger partial charge is 0.103 e. The molecule has 0 fully saturated rings. The Labute approximate surface area is 91.7 Å². The standard InChI is InChI=1S/C12H18ClN/c1-4-12(13)14(5-2)11-8-6-7-10(3)9-11/h6-9,12H,4-5H2,1-3H3. The van der Waals surface area contributed by atoms with Crippen molar-refractivity contribution in [2.24, 2.45) is 0 Å². The number of halogens is 1. The maximum Gasteiger partial charge on any atom is 0.103 e. The molecule has 1 aromatic carbocycles. The lowest BCUT2D eigenvalue weighted by atomic mass is 10.2. The predicted octanol–water partition coefficient (Wildman–Crippen LogP) is 3.80. The van der Waals surface area contributed by atoms with E-state index in [1.54, 1.807) is 0 Å². The lowest BCUT2D eigenvalue weighted by Crippen LogP contribution is -2.30. The van der Waals surface area contributed by atoms with E-state index in [0.29, 0.717) is 0 Å². The second kappa shape index (κ2) is 5.26. The molecule has 1 rings (SSSR count). The van der Waals surface area contributed by atoms with Crippen LogP contribution >= 0.6 is 11.6 Å². The molecular weight excluding hydrogens is 194 g/mol. The third-order valence-electron chi connectivity index (χ3n) is 2.35. The fourth-order valence-corrected chi connectivity index (χ4v) is 1.82. The molecule has 1 nitrogen and oxygen atoms in total. The van der Waals surface area contributed by atoms with Crippen molar-refractivity contribution in [2.75, 3.05) is 11.4 Å². The van der Waals surface area contributed by atoms with Crippen molar-refractivity contribution in [1.29, 1.82) is 0 Å². The van der Waals surface area contributed by atoms with Gasteiger partial charge >= 0.3 is 0 Å². The predicted molar refractivity (Wildman–Crippen MR) is 64.1 cm³/mol. The summed E-state index contributed by atoms with van der Waals surface area (Å²) in [7, 11) is 0. The molecule has 78 valence electrons. The molecule has 0 aromatic heterocycles. The minimum atomic E-state index is 0.0989. The summed E-state index contributed by atoms with van der Waals surface area (Å²) in [5, 5.41) is 0. The molecule has 0 saturated carbocycles. The molecule has 0 aliphatic rings. The Balaban J connectivity index is 2.89. The average Bonchev–Trinajstić information content (AvgIpc) is 2.19. The van der Waals surface area contributed by atoms with Gasteiger partial charge < -0.3 is 4.90 Å². The molecule has 1 unspecified atom stereocenters. The van der Waals surface area contributed by atoms with Crippen molar-refractivity contribution in [2.45, 2.75) is 32.7 Å². The van der Waals surface area contributed by atoms with Crippen LogP contribution in [0.4, 0.5) is 5.69 Å². The van der Waals surface area contributed by atoms with Gasteiger partial charge in [0.05, 0.1) is 0 Å². The Bertz CT molecular complexity index is 285. The minimum Gasteiger partial charge on any atom is -0.355 e. The molecule has 14 heavy (non-hydrogen) atoms. The van der Waals surface area contributed by atoms with E-state index in [1.165, 1.54) is 11.3 Å². The quantitative estimate of drug-likeness (QED) is 0.541. The fraction of sp³-hybridized carbons (Fsp3) is 0.500. The van der Waals surface area contributed by atoms with Gasteiger partial charge in [0.2, 0.25) is 0 Å². The number of anilines is 1. The molecule has 1 aromatic rings. The third-order valence-corrected chi connectivity index (χ3v) is 2.89. The lowest BCUT2D eigenvalue weighted by molar-refractivity contribution is 0.736. The van der Waals surface area contributed by atoms with E-state index < -0.39 is 0 Å². The van der Waals surface area contributed by atoms with Crippen LogP contribution in [0.25, 0.3) is 0 Å². The van der Waals surface area contributed by atoms with Crippen LogP contribution < -0.4 is 4.90 Å². The Hall–Kier alpha value is -0.690. The Morgan fingerprint density at radius 2 is 2.07 bits per heavy atom. The minimum absolute atomic E-state index is 0.0989. The zero-order valence-electron chi connectivity index (χ0n) is 9.13. The van der Waals surface area contributed by atoms with Crippen LogP contribution in [-0.2, 0) is 0 Å². The number of hydrogen-bond acceptors (Lipinski definition) is 1. The summed E-state index contributed by atoms with van der Waals surface area (Å²) in [6.45, 7) is 7.29. The normalized spacial score (nSPS) is 12.6. The summed E-state index contributed by atoms with van der Waals surface area (Å²) >= 11 is 6.24. The second-order valence-corrected chi connectivity index (χ2v) is 3.97. The van der Waals surface area contributed by atoms with E-state index in [2.05, 4.69) is 49.9 Å². The van der Waals surface area contributed by atoms with Crippen LogP contribution in [0.5, 0.6) is 0 Å². The maximum atomic E-state index is 6.24. The maximum absolute atomic E-state index is 6.24. The van der Waals surface area contributed by atoms with Crippen molar-refractivity contribution in [3.63, 3.8) is 0 Å². The molecule has 0 saturated heterocycles. The van der Waals surface area contributed by atoms with E-state index in [-0.39, 0.29) is 5.50 Å². The average molecular weight is 212 g/mol. The number of nitrogens with zero attached hydrogens (tertiary/aromatic N) is 1. The Morgan fingerprint density at radius 1 is 1.36 bits per heavy atom. The highest BCUT2D eigenvalue weighted by atomic mass is 35.5. The van der Waals surface area contributed by atoms with E-state index in [0.717, 1.165) is 13.0 Å². The summed E-state index contributed by atoms with van der Waals surface area (Å²) in [5.74, 6) is 0. The van der Waals surface area contributed by atoms with Gasteiger partial charge in [-0.1, -0.05) is 30.7 Å². The number of aryl methyl sites for hydroxylation is 1. The van der Waals surface area contributed by atoms with E-state index in [9.17, 15) is 0 Å². The summed E-state index contributed by atoms with van der Waals surface area (Å²) in [5.41, 5.74) is 2.59. The van der Waals surface area contributed by atoms with Crippen LogP contribution in [0.15, 0.2) is 24.3 Å². The third kappa shape index (κ3) is 2.65. The molecule has 0 radical (unpaired) electrons. The largest absolute Gasteiger partial charge is 0.355 e. The van der Waals surface area contributed by atoms with Crippen molar-refractivity contribution < 1.29 is 0 Å². The van der Waals surface area contributed by atoms with Crippen LogP contribution in [0.2, 0.25) is 0 Å². The molecule has 0 spiro atoms. The zero-order chi connectivity index (χ0) is 10.6. The summed E-state index contributed by atoms with van der Waals surface area (Å²) < 4.78 is 0. The lowest BCUT2D eigenvalue weighted by Gasteiger charge is -2.27. The van der Waals surface area contributed by atoms with E-state index in [4.69, 9.17) is 11.6 Å². The highest BCUT2D eigenvalue weighted by molar-refractivity contribution is 6.21. The first kappa shape index (κ1) is 11.4. The van der Waals surface area contributed by atoms with Crippen molar-refractivity contribution in [3.05, 3.63) is 29.8 Å². The van der Waals surface area contributed by atoms with Gasteiger partial charge in [-0.3, -0.25) is 0 Å². The van der Waals surface area contributed by atoms with Crippen molar-refractivity contribution >= 4 is 17.3 Å². The van der Waals surface area contributed by atoms with Gasteiger partial charge in [-0.15, -0.1) is 0 Å². The van der Waals surface area contributed by atoms with Crippen LogP contribution in [0.1, 0.15) is 25.8 Å².